The van der Waals surface area contributed by atoms with Crippen LogP contribution in [0.4, 0.5) is 33.7 Å². The molecule has 0 radical (unpaired) electrons. The number of thioether (sulfide) groups is 1. The van der Waals surface area contributed by atoms with Crippen molar-refractivity contribution in [3.05, 3.63) is 63.3 Å². The molecule has 2 aromatic carbocycles. The first-order valence-electron chi connectivity index (χ1n) is 9.53. The van der Waals surface area contributed by atoms with E-state index < -0.39 is 22.9 Å². The van der Waals surface area contributed by atoms with Gasteiger partial charge in [-0.2, -0.15) is 13.2 Å². The van der Waals surface area contributed by atoms with Crippen molar-refractivity contribution in [1.29, 1.82) is 0 Å². The number of amides is 2. The fourth-order valence-electron chi connectivity index (χ4n) is 3.63. The highest BCUT2D eigenvalue weighted by Gasteiger charge is 2.34. The number of halogens is 5. The molecule has 2 aliphatic heterocycles. The van der Waals surface area contributed by atoms with Gasteiger partial charge in [0.25, 0.3) is 11.1 Å². The lowest BCUT2D eigenvalue weighted by molar-refractivity contribution is -0.137. The minimum atomic E-state index is -4.63. The van der Waals surface area contributed by atoms with Crippen LogP contribution in [0.15, 0.2) is 41.3 Å². The normalized spacial score (nSPS) is 18.5. The molecular weight excluding hydrogens is 470 g/mol. The van der Waals surface area contributed by atoms with Gasteiger partial charge in [-0.3, -0.25) is 14.9 Å². The molecule has 0 aromatic heterocycles. The molecule has 2 amide bonds. The third-order valence-corrected chi connectivity index (χ3v) is 6.24. The second-order valence-corrected chi connectivity index (χ2v) is 8.62. The standard InChI is InChI=1S/C21H16ClF4N3O2S/c22-16-11-13(21(24,25)26)9-12(10-17-19(30)27-20(31)32-17)18(16)29-7-5-28(6-8-29)15-3-1-14(23)2-4-15/h1-4,9-11H,5-8H2,(H,27,30,31)/b17-10-. The third kappa shape index (κ3) is 4.71. The van der Waals surface area contributed by atoms with Crippen LogP contribution in [0, 0.1) is 5.82 Å². The number of hydrogen-bond acceptors (Lipinski definition) is 5. The molecule has 2 aliphatic rings. The summed E-state index contributed by atoms with van der Waals surface area (Å²) in [5.41, 5.74) is 0.355. The average Bonchev–Trinajstić information content (AvgIpc) is 3.04. The zero-order valence-electron chi connectivity index (χ0n) is 16.4. The van der Waals surface area contributed by atoms with Gasteiger partial charge < -0.3 is 9.80 Å². The maximum absolute atomic E-state index is 13.4. The van der Waals surface area contributed by atoms with Crippen molar-refractivity contribution in [3.63, 3.8) is 0 Å². The number of hydrogen-bond donors (Lipinski definition) is 1. The predicted octanol–water partition coefficient (Wildman–Crippen LogP) is 5.15. The molecule has 2 heterocycles. The van der Waals surface area contributed by atoms with E-state index in [2.05, 4.69) is 5.32 Å². The van der Waals surface area contributed by atoms with E-state index in [-0.39, 0.29) is 21.3 Å². The van der Waals surface area contributed by atoms with Crippen LogP contribution in [0.2, 0.25) is 5.02 Å². The van der Waals surface area contributed by atoms with Crippen molar-refractivity contribution in [3.8, 4) is 0 Å². The minimum absolute atomic E-state index is 0.00316. The van der Waals surface area contributed by atoms with E-state index in [1.165, 1.54) is 18.2 Å². The van der Waals surface area contributed by atoms with Crippen LogP contribution in [-0.4, -0.2) is 37.3 Å². The zero-order valence-corrected chi connectivity index (χ0v) is 18.0. The van der Waals surface area contributed by atoms with Gasteiger partial charge in [-0.25, -0.2) is 4.39 Å². The second-order valence-electron chi connectivity index (χ2n) is 7.20. The molecule has 0 spiro atoms. The van der Waals surface area contributed by atoms with Gasteiger partial charge >= 0.3 is 6.18 Å². The highest BCUT2D eigenvalue weighted by atomic mass is 35.5. The van der Waals surface area contributed by atoms with Crippen LogP contribution in [0.5, 0.6) is 0 Å². The van der Waals surface area contributed by atoms with Crippen LogP contribution in [0.25, 0.3) is 6.08 Å². The smallest absolute Gasteiger partial charge is 0.368 e. The summed E-state index contributed by atoms with van der Waals surface area (Å²) in [6.45, 7) is 1.95. The number of carbonyl (C=O) groups is 2. The van der Waals surface area contributed by atoms with Crippen molar-refractivity contribution >= 4 is 52.0 Å². The van der Waals surface area contributed by atoms with Crippen LogP contribution >= 0.6 is 23.4 Å². The molecule has 168 valence electrons. The Bertz CT molecular complexity index is 1100. The number of nitrogens with zero attached hydrogens (tertiary/aromatic N) is 2. The monoisotopic (exact) mass is 485 g/mol. The highest BCUT2D eigenvalue weighted by Crippen LogP contribution is 2.40. The topological polar surface area (TPSA) is 52.7 Å². The fraction of sp³-hybridized carbons (Fsp3) is 0.238. The Labute approximate surface area is 190 Å². The Morgan fingerprint density at radius 2 is 1.62 bits per heavy atom. The van der Waals surface area contributed by atoms with Gasteiger partial charge in [-0.15, -0.1) is 0 Å². The second kappa shape index (κ2) is 8.67. The molecule has 0 atom stereocenters. The predicted molar refractivity (Wildman–Crippen MR) is 116 cm³/mol. The number of benzene rings is 2. The Balaban J connectivity index is 1.66. The SMILES string of the molecule is O=C1NC(=O)/C(=C/c2cc(C(F)(F)F)cc(Cl)c2N2CCN(c3ccc(F)cc3)CC2)S1. The maximum Gasteiger partial charge on any atom is 0.416 e. The fourth-order valence-corrected chi connectivity index (χ4v) is 4.65. The zero-order chi connectivity index (χ0) is 23.0. The van der Waals surface area contributed by atoms with Crippen LogP contribution in [-0.2, 0) is 11.0 Å². The van der Waals surface area contributed by atoms with Gasteiger partial charge in [0.05, 0.1) is 21.2 Å². The third-order valence-electron chi connectivity index (χ3n) is 5.14. The highest BCUT2D eigenvalue weighted by molar-refractivity contribution is 8.18. The molecule has 5 nitrogen and oxygen atoms in total. The van der Waals surface area contributed by atoms with Crippen molar-refractivity contribution in [2.45, 2.75) is 6.18 Å². The van der Waals surface area contributed by atoms with Gasteiger partial charge in [-0.05, 0) is 54.2 Å². The molecule has 0 aliphatic carbocycles. The number of anilines is 2. The van der Waals surface area contributed by atoms with Crippen molar-refractivity contribution in [2.75, 3.05) is 36.0 Å². The van der Waals surface area contributed by atoms with E-state index in [0.29, 0.717) is 43.6 Å². The summed E-state index contributed by atoms with van der Waals surface area (Å²) >= 11 is 6.92. The molecule has 32 heavy (non-hydrogen) atoms. The van der Waals surface area contributed by atoms with Crippen molar-refractivity contribution in [2.24, 2.45) is 0 Å². The first kappa shape index (κ1) is 22.5. The van der Waals surface area contributed by atoms with E-state index in [0.717, 1.165) is 17.8 Å². The molecule has 4 rings (SSSR count). The minimum Gasteiger partial charge on any atom is -0.368 e. The number of piperazine rings is 1. The van der Waals surface area contributed by atoms with E-state index in [9.17, 15) is 27.2 Å². The van der Waals surface area contributed by atoms with Gasteiger partial charge in [-0.1, -0.05) is 11.6 Å². The van der Waals surface area contributed by atoms with Crippen molar-refractivity contribution in [1.82, 2.24) is 5.32 Å². The van der Waals surface area contributed by atoms with Crippen LogP contribution in [0.1, 0.15) is 11.1 Å². The molecule has 2 fully saturated rings. The van der Waals surface area contributed by atoms with E-state index >= 15 is 0 Å². The number of alkyl halides is 3. The number of carbonyl (C=O) groups excluding carboxylic acids is 2. The number of imide groups is 1. The van der Waals surface area contributed by atoms with E-state index in [1.807, 2.05) is 9.80 Å². The molecule has 1 N–H and O–H groups in total. The summed E-state index contributed by atoms with van der Waals surface area (Å²) in [5, 5.41) is 1.40. The van der Waals surface area contributed by atoms with E-state index in [1.54, 1.807) is 12.1 Å². The summed E-state index contributed by atoms with van der Waals surface area (Å²) in [6, 6.07) is 7.85. The largest absolute Gasteiger partial charge is 0.416 e. The summed E-state index contributed by atoms with van der Waals surface area (Å²) in [6.07, 6.45) is -3.37. The summed E-state index contributed by atoms with van der Waals surface area (Å²) < 4.78 is 53.3. The average molecular weight is 486 g/mol. The Hall–Kier alpha value is -2.72. The van der Waals surface area contributed by atoms with Gasteiger partial charge in [0.15, 0.2) is 0 Å². The molecule has 11 heteroatoms. The maximum atomic E-state index is 13.4. The molecular formula is C21H16ClF4N3O2S. The summed E-state index contributed by atoms with van der Waals surface area (Å²) in [7, 11) is 0. The van der Waals surface area contributed by atoms with Gasteiger partial charge in [0.1, 0.15) is 5.82 Å². The van der Waals surface area contributed by atoms with Crippen molar-refractivity contribution < 1.29 is 27.2 Å². The Morgan fingerprint density at radius 3 is 2.19 bits per heavy atom. The lowest BCUT2D eigenvalue weighted by atomic mass is 10.0. The summed E-state index contributed by atoms with van der Waals surface area (Å²) in [4.78, 5) is 27.3. The lowest BCUT2D eigenvalue weighted by Gasteiger charge is -2.38. The quantitative estimate of drug-likeness (QED) is 0.481. The van der Waals surface area contributed by atoms with Crippen LogP contribution < -0.4 is 15.1 Å². The lowest BCUT2D eigenvalue weighted by Crippen LogP contribution is -2.46. The molecule has 0 bridgehead atoms. The Kier molecular flexibility index (Phi) is 6.09. The molecule has 2 aromatic rings. The van der Waals surface area contributed by atoms with Gasteiger partial charge in [0.2, 0.25) is 0 Å². The molecule has 2 saturated heterocycles. The molecule has 0 unspecified atom stereocenters. The molecule has 0 saturated carbocycles. The van der Waals surface area contributed by atoms with Gasteiger partial charge in [0, 0.05) is 37.4 Å². The summed E-state index contributed by atoms with van der Waals surface area (Å²) in [5.74, 6) is -1.01. The van der Waals surface area contributed by atoms with E-state index in [4.69, 9.17) is 11.6 Å². The van der Waals surface area contributed by atoms with Crippen LogP contribution in [0.3, 0.4) is 0 Å². The Morgan fingerprint density at radius 1 is 1.00 bits per heavy atom. The first-order valence-corrected chi connectivity index (χ1v) is 10.7. The first-order chi connectivity index (χ1) is 15.1. The number of rotatable bonds is 3. The number of nitrogens with one attached hydrogen (secondary N) is 1.